The van der Waals surface area contributed by atoms with Crippen LogP contribution in [0.15, 0.2) is 24.3 Å². The summed E-state index contributed by atoms with van der Waals surface area (Å²) in [7, 11) is 1.69. The summed E-state index contributed by atoms with van der Waals surface area (Å²) in [6.07, 6.45) is 3.51. The van der Waals surface area contributed by atoms with Gasteiger partial charge in [-0.1, -0.05) is 12.2 Å². The van der Waals surface area contributed by atoms with Gasteiger partial charge >= 0.3 is 0 Å². The number of hydrogen-bond acceptors (Lipinski definition) is 6. The van der Waals surface area contributed by atoms with Crippen molar-refractivity contribution in [2.24, 2.45) is 0 Å². The third-order valence-corrected chi connectivity index (χ3v) is 5.84. The Morgan fingerprint density at radius 2 is 2.04 bits per heavy atom. The van der Waals surface area contributed by atoms with Crippen molar-refractivity contribution >= 4 is 0 Å². The summed E-state index contributed by atoms with van der Waals surface area (Å²) in [5.41, 5.74) is 1.21. The first-order chi connectivity index (χ1) is 11.1. The molecule has 1 aromatic rings. The molecule has 0 aromatic heterocycles. The first-order valence-corrected chi connectivity index (χ1v) is 7.93. The molecule has 3 aliphatic heterocycles. The average Bonchev–Trinajstić information content (AvgIpc) is 3.12. The van der Waals surface area contributed by atoms with Crippen LogP contribution >= 0.6 is 0 Å². The molecule has 1 fully saturated rings. The van der Waals surface area contributed by atoms with Gasteiger partial charge in [-0.25, -0.2) is 0 Å². The molecule has 3 heterocycles. The molecule has 6 atom stereocenters. The van der Waals surface area contributed by atoms with E-state index >= 15 is 0 Å². The molecule has 0 amide bonds. The van der Waals surface area contributed by atoms with E-state index in [1.807, 2.05) is 23.1 Å². The molecule has 6 heteroatoms. The molecule has 1 saturated heterocycles. The van der Waals surface area contributed by atoms with Gasteiger partial charge in [0.2, 0.25) is 6.79 Å². The van der Waals surface area contributed by atoms with E-state index in [2.05, 4.69) is 6.08 Å². The fourth-order valence-electron chi connectivity index (χ4n) is 4.71. The zero-order valence-electron chi connectivity index (χ0n) is 12.8. The number of benzene rings is 1. The van der Waals surface area contributed by atoms with Gasteiger partial charge in [0, 0.05) is 25.3 Å². The lowest BCUT2D eigenvalue weighted by atomic mass is 9.65. The molecular weight excluding hydrogens is 298 g/mol. The van der Waals surface area contributed by atoms with Crippen LogP contribution in [0.3, 0.4) is 0 Å². The lowest BCUT2D eigenvalue weighted by Gasteiger charge is -2.48. The largest absolute Gasteiger partial charge is 0.454 e. The molecule has 122 valence electrons. The second-order valence-electron chi connectivity index (χ2n) is 6.70. The van der Waals surface area contributed by atoms with Gasteiger partial charge in [0.05, 0.1) is 17.6 Å². The highest BCUT2D eigenvalue weighted by atomic mass is 16.7. The maximum atomic E-state index is 10.8. The van der Waals surface area contributed by atoms with E-state index in [4.69, 9.17) is 14.2 Å². The highest BCUT2D eigenvalue weighted by Crippen LogP contribution is 2.56. The Labute approximate surface area is 133 Å². The van der Waals surface area contributed by atoms with Crippen LogP contribution in [0, 0.1) is 0 Å². The number of ether oxygens (including phenoxy) is 3. The van der Waals surface area contributed by atoms with Gasteiger partial charge in [-0.05, 0) is 24.1 Å². The highest BCUT2D eigenvalue weighted by molar-refractivity contribution is 5.57. The molecule has 4 aliphatic rings. The molecule has 6 nitrogen and oxygen atoms in total. The Balaban J connectivity index is 1.75. The number of nitrogens with zero attached hydrogens (tertiary/aromatic N) is 1. The summed E-state index contributed by atoms with van der Waals surface area (Å²) in [5, 5.41) is 21.7. The predicted octanol–water partition coefficient (Wildman–Crippen LogP) is 0.678. The number of aliphatic hydroxyl groups is 2. The summed E-state index contributed by atoms with van der Waals surface area (Å²) in [6.45, 7) is 0.631. The molecule has 2 N–H and O–H groups in total. The molecule has 2 bridgehead atoms. The zero-order valence-corrected chi connectivity index (χ0v) is 12.8. The van der Waals surface area contributed by atoms with Crippen LogP contribution in [0.4, 0.5) is 0 Å². The maximum absolute atomic E-state index is 10.8. The van der Waals surface area contributed by atoms with Crippen molar-refractivity contribution in [3.05, 3.63) is 35.4 Å². The minimum Gasteiger partial charge on any atom is -0.454 e. The van der Waals surface area contributed by atoms with Crippen molar-refractivity contribution in [1.29, 1.82) is 0 Å². The normalized spacial score (nSPS) is 42.5. The van der Waals surface area contributed by atoms with Crippen LogP contribution in [0.2, 0.25) is 0 Å². The van der Waals surface area contributed by atoms with E-state index < -0.39 is 17.7 Å². The second kappa shape index (κ2) is 4.48. The van der Waals surface area contributed by atoms with Crippen LogP contribution in [0.1, 0.15) is 23.8 Å². The monoisotopic (exact) mass is 317 g/mol. The Kier molecular flexibility index (Phi) is 2.69. The molecule has 4 unspecified atom stereocenters. The fourth-order valence-corrected chi connectivity index (χ4v) is 4.71. The number of rotatable bonds is 1. The number of fused-ring (bicyclic) bond motifs is 2. The fraction of sp³-hybridized carbons (Fsp3) is 0.529. The molecule has 5 rings (SSSR count). The molecule has 0 radical (unpaired) electrons. The van der Waals surface area contributed by atoms with Gasteiger partial charge in [0.15, 0.2) is 11.5 Å². The van der Waals surface area contributed by atoms with E-state index in [0.717, 1.165) is 17.5 Å². The van der Waals surface area contributed by atoms with E-state index in [9.17, 15) is 10.2 Å². The molecule has 1 aromatic carbocycles. The summed E-state index contributed by atoms with van der Waals surface area (Å²) in [5.74, 6) is 1.33. The molecule has 23 heavy (non-hydrogen) atoms. The van der Waals surface area contributed by atoms with Crippen molar-refractivity contribution in [2.75, 3.05) is 20.4 Å². The van der Waals surface area contributed by atoms with Gasteiger partial charge in [-0.2, -0.15) is 0 Å². The lowest BCUT2D eigenvalue weighted by molar-refractivity contribution is -0.0399. The van der Waals surface area contributed by atoms with Gasteiger partial charge in [-0.15, -0.1) is 0 Å². The maximum Gasteiger partial charge on any atom is 0.231 e. The van der Waals surface area contributed by atoms with Crippen molar-refractivity contribution in [2.45, 2.75) is 36.3 Å². The summed E-state index contributed by atoms with van der Waals surface area (Å²) in [4.78, 5) is 1.98. The standard InChI is InChI=1S/C17H19NO5/c1-21-9-2-3-17-11-6-13-12(22-8-23-13)5-10(11)16(20)18(7-15(17)19)14(17)4-9/h2-3,5-6,9,14-16,19-20H,4,7-8H2,1H3/t9-,14?,15?,16?,17+/m1/s1. The topological polar surface area (TPSA) is 71.4 Å². The lowest BCUT2D eigenvalue weighted by Crippen LogP contribution is -2.53. The van der Waals surface area contributed by atoms with E-state index in [1.54, 1.807) is 7.11 Å². The van der Waals surface area contributed by atoms with Gasteiger partial charge < -0.3 is 24.4 Å². The van der Waals surface area contributed by atoms with Crippen LogP contribution in [0.5, 0.6) is 11.5 Å². The average molecular weight is 317 g/mol. The van der Waals surface area contributed by atoms with E-state index in [1.165, 1.54) is 0 Å². The van der Waals surface area contributed by atoms with Gasteiger partial charge in [-0.3, -0.25) is 4.90 Å². The summed E-state index contributed by atoms with van der Waals surface area (Å²) >= 11 is 0. The Hall–Kier alpha value is -1.60. The third kappa shape index (κ3) is 1.57. The van der Waals surface area contributed by atoms with Gasteiger partial charge in [0.1, 0.15) is 6.23 Å². The minimum absolute atomic E-state index is 0.00341. The molecule has 0 spiro atoms. The predicted molar refractivity (Wildman–Crippen MR) is 80.3 cm³/mol. The number of methoxy groups -OCH3 is 1. The minimum atomic E-state index is -0.751. The third-order valence-electron chi connectivity index (χ3n) is 5.84. The van der Waals surface area contributed by atoms with Crippen molar-refractivity contribution in [1.82, 2.24) is 4.90 Å². The summed E-state index contributed by atoms with van der Waals surface area (Å²) < 4.78 is 16.4. The van der Waals surface area contributed by atoms with Crippen LogP contribution in [-0.4, -0.2) is 53.8 Å². The van der Waals surface area contributed by atoms with Crippen molar-refractivity contribution in [3.63, 3.8) is 0 Å². The molecule has 1 aliphatic carbocycles. The number of hydrogen-bond donors (Lipinski definition) is 2. The summed E-state index contributed by atoms with van der Waals surface area (Å²) in [6, 6.07) is 3.79. The first kappa shape index (κ1) is 13.8. The first-order valence-electron chi connectivity index (χ1n) is 7.93. The number of aliphatic hydroxyl groups excluding tert-OH is 2. The van der Waals surface area contributed by atoms with Crippen molar-refractivity contribution in [3.8, 4) is 11.5 Å². The zero-order chi connectivity index (χ0) is 15.8. The SMILES string of the molecule is CO[C@@H]1C=C[C@@]23c4cc5c(cc4C(O)N(CC2O)C3C1)OCO5. The van der Waals surface area contributed by atoms with Crippen LogP contribution < -0.4 is 9.47 Å². The van der Waals surface area contributed by atoms with Crippen LogP contribution in [-0.2, 0) is 10.2 Å². The van der Waals surface area contributed by atoms with Gasteiger partial charge in [0.25, 0.3) is 0 Å². The Morgan fingerprint density at radius 3 is 2.83 bits per heavy atom. The quantitative estimate of drug-likeness (QED) is 0.742. The van der Waals surface area contributed by atoms with E-state index in [0.29, 0.717) is 18.0 Å². The molecular formula is C17H19NO5. The van der Waals surface area contributed by atoms with Crippen LogP contribution in [0.25, 0.3) is 0 Å². The second-order valence-corrected chi connectivity index (χ2v) is 6.70. The highest BCUT2D eigenvalue weighted by Gasteiger charge is 2.61. The smallest absolute Gasteiger partial charge is 0.231 e. The molecule has 0 saturated carbocycles. The Morgan fingerprint density at radius 1 is 1.26 bits per heavy atom. The van der Waals surface area contributed by atoms with E-state index in [-0.39, 0.29) is 18.9 Å². The van der Waals surface area contributed by atoms with Crippen molar-refractivity contribution < 1.29 is 24.4 Å². The Bertz CT molecular complexity index is 704.